The molecule has 0 saturated carbocycles. The van der Waals surface area contributed by atoms with Crippen LogP contribution in [0.15, 0.2) is 35.3 Å². The van der Waals surface area contributed by atoms with E-state index in [4.69, 9.17) is 5.11 Å². The van der Waals surface area contributed by atoms with Crippen molar-refractivity contribution in [1.82, 2.24) is 5.32 Å². The number of carboxylic acids is 1. The standard InChI is InChI=1S/C7H6O2.C3H6N2/c8-7(9)6-4-2-1-3-5-6;1-2-5-3-4-1/h1-5H,(H,8,9);3H,1-2H2,(H,4,5). The highest BCUT2D eigenvalue weighted by atomic mass is 16.4. The van der Waals surface area contributed by atoms with Crippen LogP contribution >= 0.6 is 0 Å². The van der Waals surface area contributed by atoms with Crippen molar-refractivity contribution in [3.63, 3.8) is 0 Å². The molecule has 1 heterocycles. The van der Waals surface area contributed by atoms with Gasteiger partial charge in [-0.1, -0.05) is 18.2 Å². The molecule has 0 amide bonds. The quantitative estimate of drug-likeness (QED) is 0.697. The summed E-state index contributed by atoms with van der Waals surface area (Å²) in [6, 6.07) is 8.30. The predicted octanol–water partition coefficient (Wildman–Crippen LogP) is 1.00. The molecular formula is C10H12N2O2. The van der Waals surface area contributed by atoms with E-state index in [0.29, 0.717) is 5.56 Å². The molecule has 4 heteroatoms. The Labute approximate surface area is 82.3 Å². The number of carbonyl (C=O) groups is 1. The molecule has 0 fully saturated rings. The van der Waals surface area contributed by atoms with Crippen molar-refractivity contribution in [3.05, 3.63) is 35.9 Å². The lowest BCUT2D eigenvalue weighted by Gasteiger charge is -1.88. The Balaban J connectivity index is 0.000000165. The first-order valence-corrected chi connectivity index (χ1v) is 4.31. The largest absolute Gasteiger partial charge is 0.478 e. The van der Waals surface area contributed by atoms with Crippen molar-refractivity contribution >= 4 is 12.3 Å². The zero-order valence-corrected chi connectivity index (χ0v) is 7.68. The maximum atomic E-state index is 10.2. The summed E-state index contributed by atoms with van der Waals surface area (Å²) in [6.07, 6.45) is 1.74. The molecule has 74 valence electrons. The van der Waals surface area contributed by atoms with Gasteiger partial charge in [-0.25, -0.2) is 4.79 Å². The van der Waals surface area contributed by atoms with Crippen molar-refractivity contribution in [3.8, 4) is 0 Å². The van der Waals surface area contributed by atoms with E-state index in [-0.39, 0.29) is 0 Å². The minimum atomic E-state index is -0.879. The van der Waals surface area contributed by atoms with Crippen molar-refractivity contribution in [1.29, 1.82) is 0 Å². The number of hydrogen-bond acceptors (Lipinski definition) is 3. The highest BCUT2D eigenvalue weighted by Gasteiger charge is 1.96. The molecule has 1 aromatic rings. The van der Waals surface area contributed by atoms with Gasteiger partial charge in [-0.05, 0) is 12.1 Å². The third-order valence-electron chi connectivity index (χ3n) is 1.59. The van der Waals surface area contributed by atoms with Gasteiger partial charge in [0.25, 0.3) is 0 Å². The van der Waals surface area contributed by atoms with Gasteiger partial charge in [0.15, 0.2) is 0 Å². The number of benzene rings is 1. The first-order chi connectivity index (χ1) is 6.80. The van der Waals surface area contributed by atoms with Crippen LogP contribution in [0.2, 0.25) is 0 Å². The van der Waals surface area contributed by atoms with Crippen molar-refractivity contribution in [2.75, 3.05) is 13.1 Å². The smallest absolute Gasteiger partial charge is 0.335 e. The Bertz CT molecular complexity index is 303. The fourth-order valence-corrected chi connectivity index (χ4v) is 0.903. The molecule has 0 spiro atoms. The topological polar surface area (TPSA) is 61.7 Å². The second kappa shape index (κ2) is 5.75. The van der Waals surface area contributed by atoms with Crippen LogP contribution in [0.25, 0.3) is 0 Å². The molecule has 0 radical (unpaired) electrons. The number of nitrogens with one attached hydrogen (secondary N) is 1. The van der Waals surface area contributed by atoms with Crippen LogP contribution in [0.3, 0.4) is 0 Å². The van der Waals surface area contributed by atoms with Crippen LogP contribution in [0.1, 0.15) is 10.4 Å². The van der Waals surface area contributed by atoms with E-state index in [0.717, 1.165) is 13.1 Å². The summed E-state index contributed by atoms with van der Waals surface area (Å²) in [5.74, 6) is -0.879. The Morgan fingerprint density at radius 2 is 2.07 bits per heavy atom. The molecule has 1 aliphatic heterocycles. The Hall–Kier alpha value is -1.84. The van der Waals surface area contributed by atoms with Gasteiger partial charge >= 0.3 is 5.97 Å². The lowest BCUT2D eigenvalue weighted by molar-refractivity contribution is 0.0697. The summed E-state index contributed by atoms with van der Waals surface area (Å²) in [7, 11) is 0. The van der Waals surface area contributed by atoms with E-state index < -0.39 is 5.97 Å². The second-order valence-electron chi connectivity index (χ2n) is 2.66. The van der Waals surface area contributed by atoms with Gasteiger partial charge < -0.3 is 10.4 Å². The van der Waals surface area contributed by atoms with Gasteiger partial charge in [0.1, 0.15) is 0 Å². The molecule has 2 rings (SSSR count). The summed E-state index contributed by atoms with van der Waals surface area (Å²) < 4.78 is 0. The molecule has 0 atom stereocenters. The SMILES string of the molecule is C1=NCCN1.O=C(O)c1ccccc1. The third kappa shape index (κ3) is 3.71. The number of nitrogens with zero attached hydrogens (tertiary/aromatic N) is 1. The number of aromatic carboxylic acids is 1. The van der Waals surface area contributed by atoms with Gasteiger partial charge in [0.2, 0.25) is 0 Å². The monoisotopic (exact) mass is 192 g/mol. The molecule has 0 bridgehead atoms. The number of hydrogen-bond donors (Lipinski definition) is 2. The highest BCUT2D eigenvalue weighted by molar-refractivity contribution is 5.87. The lowest BCUT2D eigenvalue weighted by Crippen LogP contribution is -2.04. The number of carboxylic acid groups (broad SMARTS) is 1. The summed E-state index contributed by atoms with van der Waals surface area (Å²) in [5.41, 5.74) is 0.331. The van der Waals surface area contributed by atoms with Gasteiger partial charge in [-0.3, -0.25) is 4.99 Å². The van der Waals surface area contributed by atoms with Crippen LogP contribution in [0.5, 0.6) is 0 Å². The fraction of sp³-hybridized carbons (Fsp3) is 0.200. The average Bonchev–Trinajstić information content (AvgIpc) is 2.77. The number of rotatable bonds is 1. The minimum Gasteiger partial charge on any atom is -0.478 e. The van der Waals surface area contributed by atoms with Crippen molar-refractivity contribution < 1.29 is 9.90 Å². The first-order valence-electron chi connectivity index (χ1n) is 4.31. The van der Waals surface area contributed by atoms with Gasteiger partial charge in [-0.15, -0.1) is 0 Å². The van der Waals surface area contributed by atoms with Crippen LogP contribution in [-0.4, -0.2) is 30.5 Å². The Kier molecular flexibility index (Phi) is 4.20. The van der Waals surface area contributed by atoms with Crippen molar-refractivity contribution in [2.45, 2.75) is 0 Å². The van der Waals surface area contributed by atoms with Gasteiger partial charge in [0.05, 0.1) is 18.4 Å². The molecule has 2 N–H and O–H groups in total. The molecule has 0 aliphatic carbocycles. The van der Waals surface area contributed by atoms with Gasteiger partial charge in [-0.2, -0.15) is 0 Å². The third-order valence-corrected chi connectivity index (χ3v) is 1.59. The Morgan fingerprint density at radius 3 is 2.36 bits per heavy atom. The maximum absolute atomic E-state index is 10.2. The molecular weight excluding hydrogens is 180 g/mol. The minimum absolute atomic E-state index is 0.331. The number of aliphatic imine (C=N–C) groups is 1. The van der Waals surface area contributed by atoms with E-state index in [2.05, 4.69) is 10.3 Å². The Morgan fingerprint density at radius 1 is 1.36 bits per heavy atom. The summed E-state index contributed by atoms with van der Waals surface area (Å²) >= 11 is 0. The fourth-order valence-electron chi connectivity index (χ4n) is 0.903. The molecule has 1 aromatic carbocycles. The lowest BCUT2D eigenvalue weighted by atomic mass is 10.2. The van der Waals surface area contributed by atoms with E-state index in [1.165, 1.54) is 0 Å². The average molecular weight is 192 g/mol. The van der Waals surface area contributed by atoms with E-state index in [1.54, 1.807) is 36.7 Å². The normalized spacial score (nSPS) is 12.6. The van der Waals surface area contributed by atoms with E-state index in [1.807, 2.05) is 0 Å². The van der Waals surface area contributed by atoms with E-state index >= 15 is 0 Å². The molecule has 4 nitrogen and oxygen atoms in total. The van der Waals surface area contributed by atoms with Crippen LogP contribution < -0.4 is 5.32 Å². The molecule has 0 aromatic heterocycles. The maximum Gasteiger partial charge on any atom is 0.335 e. The molecule has 1 aliphatic rings. The summed E-state index contributed by atoms with van der Waals surface area (Å²) in [5, 5.41) is 11.3. The molecule has 0 saturated heterocycles. The predicted molar refractivity (Wildman–Crippen MR) is 54.8 cm³/mol. The zero-order chi connectivity index (χ0) is 10.2. The second-order valence-corrected chi connectivity index (χ2v) is 2.66. The van der Waals surface area contributed by atoms with E-state index in [9.17, 15) is 4.79 Å². The summed E-state index contributed by atoms with van der Waals surface area (Å²) in [6.45, 7) is 1.99. The van der Waals surface area contributed by atoms with Crippen molar-refractivity contribution in [2.24, 2.45) is 4.99 Å². The van der Waals surface area contributed by atoms with Crippen LogP contribution in [0.4, 0.5) is 0 Å². The zero-order valence-electron chi connectivity index (χ0n) is 7.68. The first kappa shape index (κ1) is 10.2. The van der Waals surface area contributed by atoms with Crippen LogP contribution in [-0.2, 0) is 0 Å². The summed E-state index contributed by atoms with van der Waals surface area (Å²) in [4.78, 5) is 14.0. The van der Waals surface area contributed by atoms with Crippen LogP contribution in [0, 0.1) is 0 Å². The van der Waals surface area contributed by atoms with Gasteiger partial charge in [0, 0.05) is 6.54 Å². The molecule has 14 heavy (non-hydrogen) atoms. The highest BCUT2D eigenvalue weighted by Crippen LogP contribution is 1.96. The molecule has 0 unspecified atom stereocenters.